The van der Waals surface area contributed by atoms with Gasteiger partial charge in [0, 0.05) is 18.4 Å². The number of fused-ring (bicyclic) bond motifs is 1. The number of allylic oxidation sites excluding steroid dienone is 1. The van der Waals surface area contributed by atoms with Gasteiger partial charge in [0.1, 0.15) is 11.9 Å². The van der Waals surface area contributed by atoms with Crippen LogP contribution in [0.3, 0.4) is 0 Å². The van der Waals surface area contributed by atoms with Crippen LogP contribution in [0.5, 0.6) is 0 Å². The highest BCUT2D eigenvalue weighted by molar-refractivity contribution is 8.57. The van der Waals surface area contributed by atoms with E-state index in [9.17, 15) is 24.6 Å². The fourth-order valence-electron chi connectivity index (χ4n) is 3.95. The third kappa shape index (κ3) is 13.7. The number of alkyl carbamates (subject to hydrolysis) is 1. The van der Waals surface area contributed by atoms with Gasteiger partial charge in [-0.15, -0.1) is 0 Å². The molecule has 12 nitrogen and oxygen atoms in total. The lowest BCUT2D eigenvalue weighted by Crippen LogP contribution is -2.46. The number of ether oxygens (including phenoxy) is 1. The van der Waals surface area contributed by atoms with Gasteiger partial charge in [0.2, 0.25) is 5.52 Å². The van der Waals surface area contributed by atoms with Crippen molar-refractivity contribution in [3.8, 4) is 0 Å². The first kappa shape index (κ1) is 34.6. The number of nitro benzene ring substituents is 1. The number of carbonyl (C=O) groups is 1. The molecule has 14 heteroatoms. The number of aromatic nitrogens is 2. The maximum atomic E-state index is 12.2. The molecule has 1 aromatic heterocycles. The zero-order valence-electron chi connectivity index (χ0n) is 24.6. The van der Waals surface area contributed by atoms with E-state index < -0.39 is 35.1 Å². The topological polar surface area (TPSA) is 170 Å². The summed E-state index contributed by atoms with van der Waals surface area (Å²) < 4.78 is 22.1. The normalized spacial score (nSPS) is 13.8. The third-order valence-electron chi connectivity index (χ3n) is 5.97. The van der Waals surface area contributed by atoms with E-state index in [0.717, 1.165) is 57.9 Å². The Labute approximate surface area is 245 Å². The van der Waals surface area contributed by atoms with Crippen LogP contribution < -0.4 is 10.6 Å². The molecule has 0 spiro atoms. The average Bonchev–Trinajstić information content (AvgIpc) is 3.35. The van der Waals surface area contributed by atoms with Gasteiger partial charge in [-0.05, 0) is 69.7 Å². The van der Waals surface area contributed by atoms with Crippen molar-refractivity contribution in [3.63, 3.8) is 0 Å². The van der Waals surface area contributed by atoms with Crippen LogP contribution >= 0.6 is 17.7 Å². The van der Waals surface area contributed by atoms with Crippen LogP contribution in [0.15, 0.2) is 28.9 Å². The van der Waals surface area contributed by atoms with Crippen LogP contribution in [0, 0.1) is 10.1 Å². The Morgan fingerprint density at radius 1 is 1.15 bits per heavy atom. The van der Waals surface area contributed by atoms with Crippen molar-refractivity contribution < 1.29 is 28.8 Å². The van der Waals surface area contributed by atoms with E-state index in [4.69, 9.17) is 4.74 Å². The SMILES string of the molecule is CC(C)(C)OC(=O)N[C@H](CSP(C)(C)=O)[C@H](O)/C=C/CCCCCCCCCNc1ccc([N+](=O)[O-])c2nonc12. The number of amides is 1. The Bertz CT molecular complexity index is 1190. The highest BCUT2D eigenvalue weighted by Gasteiger charge is 2.25. The quantitative estimate of drug-likeness (QED) is 0.0534. The first-order chi connectivity index (χ1) is 19.3. The molecule has 0 saturated heterocycles. The van der Waals surface area contributed by atoms with E-state index in [1.54, 1.807) is 46.2 Å². The van der Waals surface area contributed by atoms with E-state index in [2.05, 4.69) is 25.6 Å². The molecule has 0 fully saturated rings. The number of benzene rings is 1. The number of hydrogen-bond acceptors (Lipinski definition) is 11. The molecule has 2 atom stereocenters. The molecule has 0 saturated carbocycles. The fraction of sp³-hybridized carbons (Fsp3) is 0.667. The van der Waals surface area contributed by atoms with Gasteiger partial charge < -0.3 is 25.0 Å². The number of aliphatic hydroxyl groups is 1. The van der Waals surface area contributed by atoms with E-state index >= 15 is 0 Å². The molecule has 230 valence electrons. The molecule has 0 aliphatic carbocycles. The summed E-state index contributed by atoms with van der Waals surface area (Å²) in [5.74, 6) is 0.320. The van der Waals surface area contributed by atoms with E-state index in [1.165, 1.54) is 17.4 Å². The maximum Gasteiger partial charge on any atom is 0.408 e. The number of nitro groups is 1. The van der Waals surface area contributed by atoms with Crippen molar-refractivity contribution in [3.05, 3.63) is 34.4 Å². The second-order valence-corrected chi connectivity index (χ2v) is 17.8. The number of nitrogens with zero attached hydrogens (tertiary/aromatic N) is 3. The van der Waals surface area contributed by atoms with Crippen LogP contribution in [-0.4, -0.2) is 69.8 Å². The molecule has 1 heterocycles. The molecular formula is C27H44N5O7PS. The molecule has 0 aliphatic rings. The van der Waals surface area contributed by atoms with Crippen LogP contribution in [0.25, 0.3) is 11.0 Å². The van der Waals surface area contributed by atoms with Gasteiger partial charge in [-0.1, -0.05) is 55.6 Å². The number of nitrogens with one attached hydrogen (secondary N) is 2. The second kappa shape index (κ2) is 16.7. The highest BCUT2D eigenvalue weighted by Crippen LogP contribution is 2.51. The van der Waals surface area contributed by atoms with Crippen molar-refractivity contribution >= 4 is 46.2 Å². The van der Waals surface area contributed by atoms with Crippen LogP contribution in [0.4, 0.5) is 16.2 Å². The number of unbranched alkanes of at least 4 members (excludes halogenated alkanes) is 7. The first-order valence-electron chi connectivity index (χ1n) is 13.9. The van der Waals surface area contributed by atoms with E-state index in [0.29, 0.717) is 17.0 Å². The van der Waals surface area contributed by atoms with Gasteiger partial charge in [-0.3, -0.25) is 10.1 Å². The van der Waals surface area contributed by atoms with Crippen LogP contribution in [0.2, 0.25) is 0 Å². The summed E-state index contributed by atoms with van der Waals surface area (Å²) in [4.78, 5) is 22.8. The summed E-state index contributed by atoms with van der Waals surface area (Å²) in [6.45, 7) is 9.37. The predicted octanol–water partition coefficient (Wildman–Crippen LogP) is 6.75. The molecule has 0 unspecified atom stereocenters. The van der Waals surface area contributed by atoms with Gasteiger partial charge in [-0.25, -0.2) is 9.42 Å². The minimum atomic E-state index is -2.37. The highest BCUT2D eigenvalue weighted by atomic mass is 32.7. The number of anilines is 1. The van der Waals surface area contributed by atoms with Gasteiger partial charge in [0.15, 0.2) is 5.52 Å². The van der Waals surface area contributed by atoms with Crippen molar-refractivity contribution in [1.82, 2.24) is 15.6 Å². The summed E-state index contributed by atoms with van der Waals surface area (Å²) in [7, 11) is 0. The first-order valence-corrected chi connectivity index (χ1v) is 18.1. The Morgan fingerprint density at radius 2 is 1.78 bits per heavy atom. The standard InChI is InChI=1S/C27H44N5O7PS/c1-27(2,3)38-26(34)29-21(19-41-40(4,5)37)23(33)15-13-11-9-7-6-8-10-12-14-18-28-20-16-17-22(32(35)36)25-24(20)30-39-31-25/h13,15-17,21,23,28,33H,6-12,14,18-19H2,1-5H3,(H,29,34)/b15-13+/t21-,23-/m1/s1. The van der Waals surface area contributed by atoms with Crippen molar-refractivity contribution in [2.75, 3.05) is 30.9 Å². The van der Waals surface area contributed by atoms with Gasteiger partial charge >= 0.3 is 11.8 Å². The number of non-ortho nitro benzene ring substituents is 1. The second-order valence-electron chi connectivity index (χ2n) is 11.3. The molecular weight excluding hydrogens is 569 g/mol. The third-order valence-corrected chi connectivity index (χ3v) is 9.41. The van der Waals surface area contributed by atoms with E-state index in [-0.39, 0.29) is 11.2 Å². The number of rotatable bonds is 18. The van der Waals surface area contributed by atoms with E-state index in [1.807, 2.05) is 6.08 Å². The lowest BCUT2D eigenvalue weighted by Gasteiger charge is -2.25. The summed E-state index contributed by atoms with van der Waals surface area (Å²) >= 11 is 1.25. The largest absolute Gasteiger partial charge is 0.444 e. The Kier molecular flexibility index (Phi) is 14.1. The Balaban J connectivity index is 1.61. The summed E-state index contributed by atoms with van der Waals surface area (Å²) in [5, 5.41) is 35.1. The number of aliphatic hydroxyl groups excluding tert-OH is 1. The Hall–Kier alpha value is -2.63. The average molecular weight is 614 g/mol. The van der Waals surface area contributed by atoms with Gasteiger partial charge in [0.05, 0.1) is 22.8 Å². The molecule has 1 amide bonds. The zero-order valence-corrected chi connectivity index (χ0v) is 26.3. The Morgan fingerprint density at radius 3 is 2.41 bits per heavy atom. The predicted molar refractivity (Wildman–Crippen MR) is 164 cm³/mol. The monoisotopic (exact) mass is 613 g/mol. The van der Waals surface area contributed by atoms with Crippen molar-refractivity contribution in [2.24, 2.45) is 0 Å². The molecule has 0 bridgehead atoms. The molecule has 3 N–H and O–H groups in total. The number of carbonyl (C=O) groups excluding carboxylic acids is 1. The molecule has 2 rings (SSSR count). The van der Waals surface area contributed by atoms with Gasteiger partial charge in [0.25, 0.3) is 0 Å². The summed E-state index contributed by atoms with van der Waals surface area (Å²) in [6, 6.07) is 2.43. The fourth-order valence-corrected chi connectivity index (χ4v) is 6.31. The molecule has 1 aromatic carbocycles. The van der Waals surface area contributed by atoms with Crippen molar-refractivity contribution in [2.45, 2.75) is 89.9 Å². The summed E-state index contributed by atoms with van der Waals surface area (Å²) in [5.41, 5.74) is 0.403. The van der Waals surface area contributed by atoms with Crippen LogP contribution in [-0.2, 0) is 9.30 Å². The molecule has 41 heavy (non-hydrogen) atoms. The smallest absolute Gasteiger partial charge is 0.408 e. The van der Waals surface area contributed by atoms with Gasteiger partial charge in [-0.2, -0.15) is 0 Å². The lowest BCUT2D eigenvalue weighted by molar-refractivity contribution is -0.383. The van der Waals surface area contributed by atoms with Crippen LogP contribution in [0.1, 0.15) is 72.1 Å². The van der Waals surface area contributed by atoms with Crippen molar-refractivity contribution in [1.29, 1.82) is 0 Å². The number of hydrogen-bond donors (Lipinski definition) is 3. The molecule has 0 aliphatic heterocycles. The minimum Gasteiger partial charge on any atom is -0.444 e. The molecule has 0 radical (unpaired) electrons. The lowest BCUT2D eigenvalue weighted by atomic mass is 10.1. The zero-order chi connectivity index (χ0) is 30.5. The molecule has 2 aromatic rings. The minimum absolute atomic E-state index is 0.127. The maximum absolute atomic E-state index is 12.2. The summed E-state index contributed by atoms with van der Waals surface area (Å²) in [6.07, 6.45) is 8.07.